The zero-order valence-electron chi connectivity index (χ0n) is 8.02. The molecule has 1 heterocycles. The maximum Gasteiger partial charge on any atom is 0.165 e. The average molecular weight is 235 g/mol. The Morgan fingerprint density at radius 3 is 2.47 bits per heavy atom. The minimum Gasteiger partial charge on any atom is -0.494 e. The summed E-state index contributed by atoms with van der Waals surface area (Å²) in [4.78, 5) is -0.933. The fourth-order valence-electron chi connectivity index (χ4n) is 1.47. The molecule has 0 aliphatic carbocycles. The van der Waals surface area contributed by atoms with Gasteiger partial charge in [-0.3, -0.25) is 0 Å². The van der Waals surface area contributed by atoms with E-state index in [1.54, 1.807) is 0 Å². The first kappa shape index (κ1) is 10.6. The van der Waals surface area contributed by atoms with Crippen LogP contribution in [0, 0.1) is 11.6 Å². The molecule has 2 nitrogen and oxygen atoms in total. The summed E-state index contributed by atoms with van der Waals surface area (Å²) in [6, 6.07) is 2.05. The van der Waals surface area contributed by atoms with E-state index in [4.69, 9.17) is 16.3 Å². The maximum atomic E-state index is 13.5. The van der Waals surface area contributed by atoms with Gasteiger partial charge in [-0.2, -0.15) is 0 Å². The van der Waals surface area contributed by atoms with Crippen LogP contribution in [-0.4, -0.2) is 20.3 Å². The quantitative estimate of drug-likeness (QED) is 0.732. The molecule has 0 saturated carbocycles. The predicted octanol–water partition coefficient (Wildman–Crippen LogP) is 2.44. The SMILES string of the molecule is COc1cc(F)c(C2(Cl)COC2)cc1F. The van der Waals surface area contributed by atoms with Gasteiger partial charge in [-0.05, 0) is 6.07 Å². The Kier molecular flexibility index (Phi) is 2.56. The number of alkyl halides is 1. The van der Waals surface area contributed by atoms with Crippen molar-refractivity contribution in [2.24, 2.45) is 0 Å². The Bertz CT molecular complexity index is 391. The molecule has 0 spiro atoms. The summed E-state index contributed by atoms with van der Waals surface area (Å²) in [5.74, 6) is -1.33. The third-order valence-electron chi connectivity index (χ3n) is 2.39. The van der Waals surface area contributed by atoms with E-state index in [9.17, 15) is 8.78 Å². The molecule has 0 N–H and O–H groups in total. The van der Waals surface area contributed by atoms with Gasteiger partial charge in [-0.15, -0.1) is 11.6 Å². The van der Waals surface area contributed by atoms with Crippen molar-refractivity contribution in [1.29, 1.82) is 0 Å². The highest BCUT2D eigenvalue weighted by molar-refractivity contribution is 6.24. The van der Waals surface area contributed by atoms with Gasteiger partial charge in [0, 0.05) is 11.6 Å². The summed E-state index contributed by atoms with van der Waals surface area (Å²) in [5.41, 5.74) is 0.119. The Hall–Kier alpha value is -0.870. The van der Waals surface area contributed by atoms with E-state index in [1.807, 2.05) is 0 Å². The van der Waals surface area contributed by atoms with Gasteiger partial charge in [0.2, 0.25) is 0 Å². The highest BCUT2D eigenvalue weighted by Gasteiger charge is 2.41. The number of halogens is 3. The fourth-order valence-corrected chi connectivity index (χ4v) is 1.76. The zero-order valence-corrected chi connectivity index (χ0v) is 8.78. The molecule has 0 bridgehead atoms. The molecule has 0 radical (unpaired) electrons. The molecule has 15 heavy (non-hydrogen) atoms. The van der Waals surface area contributed by atoms with Crippen molar-refractivity contribution in [3.8, 4) is 5.75 Å². The van der Waals surface area contributed by atoms with E-state index in [-0.39, 0.29) is 24.5 Å². The Morgan fingerprint density at radius 1 is 1.33 bits per heavy atom. The molecule has 0 aromatic heterocycles. The summed E-state index contributed by atoms with van der Waals surface area (Å²) in [6.07, 6.45) is 0. The van der Waals surface area contributed by atoms with Crippen LogP contribution < -0.4 is 4.74 Å². The van der Waals surface area contributed by atoms with Crippen molar-refractivity contribution in [2.75, 3.05) is 20.3 Å². The van der Waals surface area contributed by atoms with E-state index >= 15 is 0 Å². The topological polar surface area (TPSA) is 18.5 Å². The second-order valence-corrected chi connectivity index (χ2v) is 4.15. The van der Waals surface area contributed by atoms with Crippen LogP contribution in [0.3, 0.4) is 0 Å². The molecule has 0 amide bonds. The molecular formula is C10H9ClF2O2. The van der Waals surface area contributed by atoms with Crippen LogP contribution >= 0.6 is 11.6 Å². The molecule has 1 aromatic carbocycles. The molecule has 1 fully saturated rings. The van der Waals surface area contributed by atoms with Crippen molar-refractivity contribution >= 4 is 11.6 Å². The molecule has 1 saturated heterocycles. The third-order valence-corrected chi connectivity index (χ3v) is 2.81. The van der Waals surface area contributed by atoms with Crippen molar-refractivity contribution in [3.63, 3.8) is 0 Å². The summed E-state index contributed by atoms with van der Waals surface area (Å²) < 4.78 is 36.4. The molecular weight excluding hydrogens is 226 g/mol. The lowest BCUT2D eigenvalue weighted by molar-refractivity contribution is -0.0168. The highest BCUT2D eigenvalue weighted by atomic mass is 35.5. The Morgan fingerprint density at radius 2 is 2.00 bits per heavy atom. The van der Waals surface area contributed by atoms with Crippen molar-refractivity contribution in [1.82, 2.24) is 0 Å². The Balaban J connectivity index is 2.45. The van der Waals surface area contributed by atoms with Crippen LogP contribution in [0.5, 0.6) is 5.75 Å². The van der Waals surface area contributed by atoms with Gasteiger partial charge in [0.1, 0.15) is 10.7 Å². The monoisotopic (exact) mass is 234 g/mol. The molecule has 2 rings (SSSR count). The van der Waals surface area contributed by atoms with Crippen LogP contribution in [0.4, 0.5) is 8.78 Å². The zero-order chi connectivity index (χ0) is 11.1. The number of rotatable bonds is 2. The van der Waals surface area contributed by atoms with Gasteiger partial charge >= 0.3 is 0 Å². The summed E-state index contributed by atoms with van der Waals surface area (Å²) in [6.45, 7) is 0.383. The van der Waals surface area contributed by atoms with E-state index in [1.165, 1.54) is 7.11 Å². The van der Waals surface area contributed by atoms with Crippen molar-refractivity contribution in [3.05, 3.63) is 29.3 Å². The molecule has 5 heteroatoms. The van der Waals surface area contributed by atoms with Gasteiger partial charge in [-0.25, -0.2) is 8.78 Å². The lowest BCUT2D eigenvalue weighted by Crippen LogP contribution is -2.42. The summed E-state index contributed by atoms with van der Waals surface area (Å²) in [5, 5.41) is 0. The van der Waals surface area contributed by atoms with Gasteiger partial charge in [0.15, 0.2) is 11.6 Å². The maximum absolute atomic E-state index is 13.5. The molecule has 82 valence electrons. The van der Waals surface area contributed by atoms with Crippen molar-refractivity contribution < 1.29 is 18.3 Å². The van der Waals surface area contributed by atoms with Crippen LogP contribution in [0.2, 0.25) is 0 Å². The fraction of sp³-hybridized carbons (Fsp3) is 0.400. The normalized spacial score (nSPS) is 18.4. The Labute approximate surface area is 90.7 Å². The molecule has 0 atom stereocenters. The molecule has 1 aliphatic heterocycles. The van der Waals surface area contributed by atoms with Gasteiger partial charge in [0.05, 0.1) is 20.3 Å². The molecule has 1 aromatic rings. The summed E-state index contributed by atoms with van der Waals surface area (Å²) in [7, 11) is 1.28. The van der Waals surface area contributed by atoms with E-state index in [2.05, 4.69) is 4.74 Å². The smallest absolute Gasteiger partial charge is 0.165 e. The second-order valence-electron chi connectivity index (χ2n) is 3.42. The largest absolute Gasteiger partial charge is 0.494 e. The van der Waals surface area contributed by atoms with Gasteiger partial charge < -0.3 is 9.47 Å². The van der Waals surface area contributed by atoms with Gasteiger partial charge in [0.25, 0.3) is 0 Å². The standard InChI is InChI=1S/C10H9ClF2O2/c1-14-9-3-7(12)6(2-8(9)13)10(11)4-15-5-10/h2-3H,4-5H2,1H3. The second kappa shape index (κ2) is 3.61. The third kappa shape index (κ3) is 1.68. The first-order chi connectivity index (χ1) is 7.07. The number of benzene rings is 1. The van der Waals surface area contributed by atoms with Crippen LogP contribution in [0.1, 0.15) is 5.56 Å². The number of hydrogen-bond donors (Lipinski definition) is 0. The number of hydrogen-bond acceptors (Lipinski definition) is 2. The van der Waals surface area contributed by atoms with Crippen molar-refractivity contribution in [2.45, 2.75) is 4.87 Å². The highest BCUT2D eigenvalue weighted by Crippen LogP contribution is 2.39. The van der Waals surface area contributed by atoms with Gasteiger partial charge in [-0.1, -0.05) is 0 Å². The van der Waals surface area contributed by atoms with Crippen LogP contribution in [0.15, 0.2) is 12.1 Å². The average Bonchev–Trinajstić information content (AvgIpc) is 2.17. The first-order valence-electron chi connectivity index (χ1n) is 4.37. The first-order valence-corrected chi connectivity index (χ1v) is 4.75. The lowest BCUT2D eigenvalue weighted by atomic mass is 9.95. The minimum absolute atomic E-state index is 0.119. The number of ether oxygens (including phenoxy) is 2. The summed E-state index contributed by atoms with van der Waals surface area (Å²) >= 11 is 6.03. The van der Waals surface area contributed by atoms with E-state index in [0.717, 1.165) is 12.1 Å². The van der Waals surface area contributed by atoms with E-state index < -0.39 is 16.5 Å². The van der Waals surface area contributed by atoms with Crippen LogP contribution in [0.25, 0.3) is 0 Å². The minimum atomic E-state index is -0.933. The molecule has 1 aliphatic rings. The predicted molar refractivity (Wildman–Crippen MR) is 51.3 cm³/mol. The number of methoxy groups -OCH3 is 1. The van der Waals surface area contributed by atoms with Crippen LogP contribution in [-0.2, 0) is 9.61 Å². The lowest BCUT2D eigenvalue weighted by Gasteiger charge is -2.36. The van der Waals surface area contributed by atoms with E-state index in [0.29, 0.717) is 0 Å². The molecule has 0 unspecified atom stereocenters.